The summed E-state index contributed by atoms with van der Waals surface area (Å²) in [6, 6.07) is 0.827. The van der Waals surface area contributed by atoms with E-state index in [1.165, 1.54) is 4.88 Å². The van der Waals surface area contributed by atoms with Crippen LogP contribution in [0.3, 0.4) is 0 Å². The van der Waals surface area contributed by atoms with E-state index in [0.717, 1.165) is 56.0 Å². The highest BCUT2D eigenvalue weighted by molar-refractivity contribution is 7.11. The number of rotatable bonds is 5. The SMILES string of the molecule is CCc1cnc(CCNC(=NC)NC2CC3CCC(C2)N3C(=O)OC(C)(C)C)s1. The minimum absolute atomic E-state index is 0.166. The predicted molar refractivity (Wildman–Crippen MR) is 118 cm³/mol. The van der Waals surface area contributed by atoms with Crippen LogP contribution in [0.1, 0.15) is 63.3 Å². The van der Waals surface area contributed by atoms with Gasteiger partial charge in [-0.3, -0.25) is 4.99 Å². The lowest BCUT2D eigenvalue weighted by Crippen LogP contribution is -2.55. The van der Waals surface area contributed by atoms with E-state index in [2.05, 4.69) is 27.5 Å². The molecule has 2 fully saturated rings. The maximum absolute atomic E-state index is 12.6. The van der Waals surface area contributed by atoms with Gasteiger partial charge in [0.05, 0.1) is 5.01 Å². The van der Waals surface area contributed by atoms with Crippen molar-refractivity contribution in [1.29, 1.82) is 0 Å². The fourth-order valence-electron chi connectivity index (χ4n) is 4.21. The van der Waals surface area contributed by atoms with E-state index >= 15 is 0 Å². The Labute approximate surface area is 178 Å². The fraction of sp³-hybridized carbons (Fsp3) is 0.762. The molecule has 1 aromatic rings. The van der Waals surface area contributed by atoms with Gasteiger partial charge in [0.15, 0.2) is 5.96 Å². The van der Waals surface area contributed by atoms with E-state index in [4.69, 9.17) is 4.74 Å². The summed E-state index contributed by atoms with van der Waals surface area (Å²) < 4.78 is 5.63. The molecule has 0 spiro atoms. The van der Waals surface area contributed by atoms with Crippen molar-refractivity contribution in [2.75, 3.05) is 13.6 Å². The van der Waals surface area contributed by atoms with Gasteiger partial charge in [0.1, 0.15) is 5.60 Å². The minimum atomic E-state index is -0.451. The van der Waals surface area contributed by atoms with Gasteiger partial charge in [-0.2, -0.15) is 0 Å². The maximum atomic E-state index is 12.6. The second kappa shape index (κ2) is 9.32. The Hall–Kier alpha value is -1.83. The normalized spacial score (nSPS) is 24.5. The lowest BCUT2D eigenvalue weighted by molar-refractivity contribution is 0.00545. The third-order valence-electron chi connectivity index (χ3n) is 5.48. The maximum Gasteiger partial charge on any atom is 0.410 e. The van der Waals surface area contributed by atoms with Crippen molar-refractivity contribution in [2.24, 2.45) is 4.99 Å². The van der Waals surface area contributed by atoms with Crippen molar-refractivity contribution in [3.8, 4) is 0 Å². The van der Waals surface area contributed by atoms with Crippen LogP contribution in [-0.4, -0.2) is 59.3 Å². The third kappa shape index (κ3) is 5.84. The number of nitrogens with zero attached hydrogens (tertiary/aromatic N) is 3. The van der Waals surface area contributed by atoms with Crippen LogP contribution in [0, 0.1) is 0 Å². The summed E-state index contributed by atoms with van der Waals surface area (Å²) in [5, 5.41) is 8.13. The highest BCUT2D eigenvalue weighted by Gasteiger charge is 2.45. The van der Waals surface area contributed by atoms with Gasteiger partial charge in [-0.25, -0.2) is 9.78 Å². The topological polar surface area (TPSA) is 78.9 Å². The number of aromatic nitrogens is 1. The number of ether oxygens (including phenoxy) is 1. The molecule has 0 saturated carbocycles. The molecule has 2 saturated heterocycles. The smallest absolute Gasteiger partial charge is 0.410 e. The van der Waals surface area contributed by atoms with Gasteiger partial charge >= 0.3 is 6.09 Å². The van der Waals surface area contributed by atoms with Gasteiger partial charge in [-0.1, -0.05) is 6.92 Å². The Bertz CT molecular complexity index is 713. The highest BCUT2D eigenvalue weighted by Crippen LogP contribution is 2.36. The number of carbonyl (C=O) groups is 1. The molecule has 2 N–H and O–H groups in total. The number of thiazole rings is 1. The molecule has 0 aromatic carbocycles. The molecule has 2 aliphatic heterocycles. The Morgan fingerprint density at radius 3 is 2.59 bits per heavy atom. The summed E-state index contributed by atoms with van der Waals surface area (Å²) in [5.74, 6) is 0.826. The molecule has 2 atom stereocenters. The zero-order valence-electron chi connectivity index (χ0n) is 18.3. The van der Waals surface area contributed by atoms with E-state index in [1.807, 2.05) is 31.9 Å². The van der Waals surface area contributed by atoms with E-state index in [-0.39, 0.29) is 18.2 Å². The average Bonchev–Trinajstić information content (AvgIpc) is 3.21. The third-order valence-corrected chi connectivity index (χ3v) is 6.68. The lowest BCUT2D eigenvalue weighted by atomic mass is 9.98. The molecule has 7 nitrogen and oxygen atoms in total. The largest absolute Gasteiger partial charge is 0.444 e. The number of aliphatic imine (C=N–C) groups is 1. The van der Waals surface area contributed by atoms with E-state index < -0.39 is 5.60 Å². The van der Waals surface area contributed by atoms with Crippen LogP contribution in [0.25, 0.3) is 0 Å². The number of piperidine rings is 1. The number of nitrogens with one attached hydrogen (secondary N) is 2. The molecule has 0 aliphatic carbocycles. The molecule has 1 amide bonds. The first-order chi connectivity index (χ1) is 13.8. The first kappa shape index (κ1) is 21.9. The molecule has 1 aromatic heterocycles. The number of hydrogen-bond donors (Lipinski definition) is 2. The number of carbonyl (C=O) groups excluding carboxylic acids is 1. The molecule has 3 rings (SSSR count). The van der Waals surface area contributed by atoms with Gasteiger partial charge < -0.3 is 20.3 Å². The van der Waals surface area contributed by atoms with Crippen LogP contribution in [0.15, 0.2) is 11.2 Å². The van der Waals surface area contributed by atoms with Crippen molar-refractivity contribution in [2.45, 2.75) is 89.9 Å². The molecule has 3 heterocycles. The Morgan fingerprint density at radius 1 is 1.34 bits per heavy atom. The van der Waals surface area contributed by atoms with E-state index in [0.29, 0.717) is 6.04 Å². The van der Waals surface area contributed by atoms with Crippen LogP contribution >= 0.6 is 11.3 Å². The highest BCUT2D eigenvalue weighted by atomic mass is 32.1. The Kier molecular flexibility index (Phi) is 7.03. The lowest BCUT2D eigenvalue weighted by Gasteiger charge is -2.40. The molecular formula is C21H35N5O2S. The summed E-state index contributed by atoms with van der Waals surface area (Å²) in [7, 11) is 1.80. The Balaban J connectivity index is 1.47. The van der Waals surface area contributed by atoms with Gasteiger partial charge in [-0.05, 0) is 52.9 Å². The quantitative estimate of drug-likeness (QED) is 0.563. The summed E-state index contributed by atoms with van der Waals surface area (Å²) >= 11 is 1.78. The molecule has 2 bridgehead atoms. The number of hydrogen-bond acceptors (Lipinski definition) is 5. The fourth-order valence-corrected chi connectivity index (χ4v) is 5.07. The van der Waals surface area contributed by atoms with Gasteiger partial charge in [0.25, 0.3) is 0 Å². The number of guanidine groups is 1. The van der Waals surface area contributed by atoms with Gasteiger partial charge in [-0.15, -0.1) is 11.3 Å². The summed E-state index contributed by atoms with van der Waals surface area (Å²) in [6.07, 6.45) is 7.72. The molecule has 0 radical (unpaired) electrons. The monoisotopic (exact) mass is 421 g/mol. The number of aryl methyl sites for hydroxylation is 1. The average molecular weight is 422 g/mol. The van der Waals surface area contributed by atoms with Crippen LogP contribution in [-0.2, 0) is 17.6 Å². The van der Waals surface area contributed by atoms with Crippen molar-refractivity contribution < 1.29 is 9.53 Å². The van der Waals surface area contributed by atoms with E-state index in [1.54, 1.807) is 18.4 Å². The summed E-state index contributed by atoms with van der Waals surface area (Å²) in [6.45, 7) is 8.73. The zero-order chi connectivity index (χ0) is 21.0. The van der Waals surface area contributed by atoms with Crippen molar-refractivity contribution in [1.82, 2.24) is 20.5 Å². The predicted octanol–water partition coefficient (Wildman–Crippen LogP) is 3.34. The van der Waals surface area contributed by atoms with Crippen molar-refractivity contribution in [3.05, 3.63) is 16.1 Å². The van der Waals surface area contributed by atoms with Crippen LogP contribution in [0.4, 0.5) is 4.79 Å². The van der Waals surface area contributed by atoms with Crippen LogP contribution in [0.5, 0.6) is 0 Å². The van der Waals surface area contributed by atoms with E-state index in [9.17, 15) is 4.79 Å². The summed E-state index contributed by atoms with van der Waals surface area (Å²) in [5.41, 5.74) is -0.451. The second-order valence-corrected chi connectivity index (χ2v) is 10.1. The molecule has 8 heteroatoms. The summed E-state index contributed by atoms with van der Waals surface area (Å²) in [4.78, 5) is 24.8. The molecule has 29 heavy (non-hydrogen) atoms. The zero-order valence-corrected chi connectivity index (χ0v) is 19.1. The second-order valence-electron chi connectivity index (χ2n) is 8.91. The number of fused-ring (bicyclic) bond motifs is 2. The Morgan fingerprint density at radius 2 is 2.03 bits per heavy atom. The number of amides is 1. The van der Waals surface area contributed by atoms with Crippen molar-refractivity contribution in [3.63, 3.8) is 0 Å². The van der Waals surface area contributed by atoms with Gasteiger partial charge in [0.2, 0.25) is 0 Å². The van der Waals surface area contributed by atoms with Crippen molar-refractivity contribution >= 4 is 23.4 Å². The standard InChI is InChI=1S/C21H35N5O2S/c1-6-17-13-24-18(29-17)9-10-23-19(22-5)25-14-11-15-7-8-16(12-14)26(15)20(27)28-21(2,3)4/h13-16H,6-12H2,1-5H3,(H2,22,23,25). The van der Waals surface area contributed by atoms with Gasteiger partial charge in [0, 0.05) is 49.2 Å². The first-order valence-electron chi connectivity index (χ1n) is 10.7. The van der Waals surface area contributed by atoms with Crippen LogP contribution < -0.4 is 10.6 Å². The first-order valence-corrected chi connectivity index (χ1v) is 11.5. The molecular weight excluding hydrogens is 386 g/mol. The van der Waals surface area contributed by atoms with Crippen LogP contribution in [0.2, 0.25) is 0 Å². The molecule has 162 valence electrons. The minimum Gasteiger partial charge on any atom is -0.444 e. The molecule has 2 aliphatic rings. The molecule has 2 unspecified atom stereocenters.